The Kier molecular flexibility index (Phi) is 7.83. The van der Waals surface area contributed by atoms with Gasteiger partial charge in [0.1, 0.15) is 0 Å². The topological polar surface area (TPSA) is 78.4 Å². The molecule has 82 valence electrons. The van der Waals surface area contributed by atoms with Crippen molar-refractivity contribution in [3.8, 4) is 0 Å². The van der Waals surface area contributed by atoms with Crippen molar-refractivity contribution in [2.24, 2.45) is 0 Å². The molecule has 0 heterocycles. The first kappa shape index (κ1) is 12.9. The van der Waals surface area contributed by atoms with E-state index in [1.165, 1.54) is 0 Å². The van der Waals surface area contributed by atoms with Gasteiger partial charge in [-0.15, -0.1) is 0 Å². The molecular weight excluding hydrogens is 184 g/mol. The third kappa shape index (κ3) is 7.54. The molecule has 0 bridgehead atoms. The molecule has 0 atom stereocenters. The standard InChI is InChI=1S/C9H18N2O3/c1-10-8(13)4-2-3-5-9(14)11-6-7-12/h12H,2-7H2,1H3,(H,10,13)(H,11,14). The lowest BCUT2D eigenvalue weighted by atomic mass is 10.2. The predicted molar refractivity (Wildman–Crippen MR) is 52.6 cm³/mol. The van der Waals surface area contributed by atoms with Gasteiger partial charge in [-0.2, -0.15) is 0 Å². The minimum Gasteiger partial charge on any atom is -0.395 e. The fraction of sp³-hybridized carbons (Fsp3) is 0.778. The van der Waals surface area contributed by atoms with Crippen molar-refractivity contribution in [1.82, 2.24) is 10.6 Å². The van der Waals surface area contributed by atoms with Crippen LogP contribution in [-0.4, -0.2) is 37.1 Å². The van der Waals surface area contributed by atoms with Crippen LogP contribution in [0.25, 0.3) is 0 Å². The Morgan fingerprint density at radius 2 is 1.71 bits per heavy atom. The van der Waals surface area contributed by atoms with Crippen LogP contribution in [0.1, 0.15) is 25.7 Å². The van der Waals surface area contributed by atoms with Crippen molar-refractivity contribution in [3.63, 3.8) is 0 Å². The van der Waals surface area contributed by atoms with E-state index in [0.29, 0.717) is 32.2 Å². The monoisotopic (exact) mass is 202 g/mol. The van der Waals surface area contributed by atoms with Crippen LogP contribution in [0.4, 0.5) is 0 Å². The Morgan fingerprint density at radius 3 is 2.21 bits per heavy atom. The molecule has 0 aromatic rings. The Bertz CT molecular complexity index is 183. The highest BCUT2D eigenvalue weighted by Gasteiger charge is 2.01. The summed E-state index contributed by atoms with van der Waals surface area (Å²) in [6, 6.07) is 0. The molecule has 0 fully saturated rings. The van der Waals surface area contributed by atoms with Crippen LogP contribution in [0.15, 0.2) is 0 Å². The van der Waals surface area contributed by atoms with Crippen LogP contribution in [0, 0.1) is 0 Å². The van der Waals surface area contributed by atoms with Crippen LogP contribution in [-0.2, 0) is 9.59 Å². The lowest BCUT2D eigenvalue weighted by Gasteiger charge is -2.02. The minimum atomic E-state index is -0.0732. The van der Waals surface area contributed by atoms with E-state index in [9.17, 15) is 9.59 Å². The third-order valence-corrected chi connectivity index (χ3v) is 1.77. The van der Waals surface area contributed by atoms with Gasteiger partial charge >= 0.3 is 0 Å². The molecule has 0 saturated carbocycles. The second-order valence-electron chi connectivity index (χ2n) is 2.95. The van der Waals surface area contributed by atoms with Gasteiger partial charge in [-0.3, -0.25) is 9.59 Å². The highest BCUT2D eigenvalue weighted by atomic mass is 16.3. The number of aliphatic hydroxyl groups excluding tert-OH is 1. The first-order valence-corrected chi connectivity index (χ1v) is 4.79. The van der Waals surface area contributed by atoms with Gasteiger partial charge in [0.25, 0.3) is 0 Å². The maximum atomic E-state index is 11.0. The molecule has 0 aliphatic heterocycles. The summed E-state index contributed by atoms with van der Waals surface area (Å²) >= 11 is 0. The number of amides is 2. The van der Waals surface area contributed by atoms with E-state index >= 15 is 0 Å². The second-order valence-corrected chi connectivity index (χ2v) is 2.95. The van der Waals surface area contributed by atoms with Gasteiger partial charge in [0.2, 0.25) is 11.8 Å². The number of rotatable bonds is 7. The number of hydrogen-bond donors (Lipinski definition) is 3. The molecule has 0 radical (unpaired) electrons. The summed E-state index contributed by atoms with van der Waals surface area (Å²) in [4.78, 5) is 21.8. The quantitative estimate of drug-likeness (QED) is 0.482. The summed E-state index contributed by atoms with van der Waals surface area (Å²) in [6.45, 7) is 0.262. The second kappa shape index (κ2) is 8.50. The maximum absolute atomic E-state index is 11.0. The van der Waals surface area contributed by atoms with Crippen LogP contribution < -0.4 is 10.6 Å². The summed E-state index contributed by atoms with van der Waals surface area (Å²) in [5.74, 6) is -0.0725. The Hall–Kier alpha value is -1.10. The molecule has 0 aliphatic rings. The van der Waals surface area contributed by atoms with E-state index in [1.54, 1.807) is 7.05 Å². The van der Waals surface area contributed by atoms with E-state index in [2.05, 4.69) is 10.6 Å². The zero-order chi connectivity index (χ0) is 10.8. The van der Waals surface area contributed by atoms with Crippen LogP contribution in [0.3, 0.4) is 0 Å². The molecule has 0 aromatic carbocycles. The molecule has 14 heavy (non-hydrogen) atoms. The summed E-state index contributed by atoms with van der Waals surface area (Å²) in [6.07, 6.45) is 2.29. The van der Waals surface area contributed by atoms with E-state index < -0.39 is 0 Å². The van der Waals surface area contributed by atoms with Gasteiger partial charge in [-0.1, -0.05) is 0 Å². The first-order valence-electron chi connectivity index (χ1n) is 4.79. The molecule has 3 N–H and O–H groups in total. The summed E-state index contributed by atoms with van der Waals surface area (Å²) in [7, 11) is 1.59. The van der Waals surface area contributed by atoms with Crippen molar-refractivity contribution in [2.75, 3.05) is 20.2 Å². The number of nitrogens with one attached hydrogen (secondary N) is 2. The van der Waals surface area contributed by atoms with Gasteiger partial charge in [-0.25, -0.2) is 0 Å². The molecule has 0 rings (SSSR count). The fourth-order valence-electron chi connectivity index (χ4n) is 0.980. The van der Waals surface area contributed by atoms with Gasteiger partial charge in [0.05, 0.1) is 6.61 Å². The lowest BCUT2D eigenvalue weighted by Crippen LogP contribution is -2.26. The Morgan fingerprint density at radius 1 is 1.14 bits per heavy atom. The van der Waals surface area contributed by atoms with Gasteiger partial charge < -0.3 is 15.7 Å². The number of hydrogen-bond acceptors (Lipinski definition) is 3. The molecule has 0 unspecified atom stereocenters. The van der Waals surface area contributed by atoms with Crippen molar-refractivity contribution < 1.29 is 14.7 Å². The SMILES string of the molecule is CNC(=O)CCCCC(=O)NCCO. The molecular formula is C9H18N2O3. The predicted octanol–water partition coefficient (Wildman–Crippen LogP) is -0.599. The zero-order valence-corrected chi connectivity index (χ0v) is 8.51. The third-order valence-electron chi connectivity index (χ3n) is 1.77. The normalized spacial score (nSPS) is 9.57. The first-order chi connectivity index (χ1) is 6.70. The van der Waals surface area contributed by atoms with Crippen molar-refractivity contribution >= 4 is 11.8 Å². The van der Waals surface area contributed by atoms with Crippen LogP contribution in [0.5, 0.6) is 0 Å². The highest BCUT2D eigenvalue weighted by Crippen LogP contribution is 1.99. The van der Waals surface area contributed by atoms with E-state index in [-0.39, 0.29) is 18.4 Å². The van der Waals surface area contributed by atoms with E-state index in [4.69, 9.17) is 5.11 Å². The zero-order valence-electron chi connectivity index (χ0n) is 8.51. The van der Waals surface area contributed by atoms with Gasteiger partial charge in [0, 0.05) is 26.4 Å². The van der Waals surface area contributed by atoms with E-state index in [1.807, 2.05) is 0 Å². The molecule has 2 amide bonds. The van der Waals surface area contributed by atoms with Crippen molar-refractivity contribution in [1.29, 1.82) is 0 Å². The Labute approximate surface area is 83.9 Å². The molecule has 0 spiro atoms. The fourth-order valence-corrected chi connectivity index (χ4v) is 0.980. The number of aliphatic hydroxyl groups is 1. The van der Waals surface area contributed by atoms with Crippen LogP contribution in [0.2, 0.25) is 0 Å². The van der Waals surface area contributed by atoms with E-state index in [0.717, 1.165) is 0 Å². The molecule has 5 heteroatoms. The smallest absolute Gasteiger partial charge is 0.220 e. The molecule has 0 aromatic heterocycles. The average Bonchev–Trinajstić information content (AvgIpc) is 2.21. The Balaban J connectivity index is 3.27. The number of carbonyl (C=O) groups is 2. The van der Waals surface area contributed by atoms with Crippen LogP contribution >= 0.6 is 0 Å². The highest BCUT2D eigenvalue weighted by molar-refractivity contribution is 5.76. The maximum Gasteiger partial charge on any atom is 0.220 e. The molecule has 5 nitrogen and oxygen atoms in total. The molecule has 0 aliphatic carbocycles. The average molecular weight is 202 g/mol. The summed E-state index contributed by atoms with van der Waals surface area (Å²) in [5, 5.41) is 13.5. The van der Waals surface area contributed by atoms with Gasteiger partial charge in [0.15, 0.2) is 0 Å². The lowest BCUT2D eigenvalue weighted by molar-refractivity contribution is -0.122. The minimum absolute atomic E-state index is 0.000710. The largest absolute Gasteiger partial charge is 0.395 e. The van der Waals surface area contributed by atoms with Gasteiger partial charge in [-0.05, 0) is 12.8 Å². The van der Waals surface area contributed by atoms with Crippen molar-refractivity contribution in [2.45, 2.75) is 25.7 Å². The summed E-state index contributed by atoms with van der Waals surface area (Å²) in [5.41, 5.74) is 0. The van der Waals surface area contributed by atoms with Crippen molar-refractivity contribution in [3.05, 3.63) is 0 Å². The summed E-state index contributed by atoms with van der Waals surface area (Å²) < 4.78 is 0. The number of unbranched alkanes of at least 4 members (excludes halogenated alkanes) is 1. The molecule has 0 saturated heterocycles. The number of carbonyl (C=O) groups excluding carboxylic acids is 2.